The average molecular weight is 179 g/mol. The van der Waals surface area contributed by atoms with Gasteiger partial charge >= 0.3 is 0 Å². The molecule has 2 N–H and O–H groups in total. The van der Waals surface area contributed by atoms with Gasteiger partial charge in [-0.2, -0.15) is 0 Å². The van der Waals surface area contributed by atoms with Gasteiger partial charge in [-0.1, -0.05) is 6.07 Å². The predicted octanol–water partition coefficient (Wildman–Crippen LogP) is 1.01. The highest BCUT2D eigenvalue weighted by atomic mass is 16.5. The molecule has 0 heterocycles. The van der Waals surface area contributed by atoms with E-state index in [0.29, 0.717) is 18.0 Å². The molecule has 0 aliphatic rings. The van der Waals surface area contributed by atoms with E-state index < -0.39 is 0 Å². The second-order valence-corrected chi connectivity index (χ2v) is 3.12. The molecule has 0 unspecified atom stereocenters. The van der Waals surface area contributed by atoms with Gasteiger partial charge in [-0.25, -0.2) is 0 Å². The first kappa shape index (κ1) is 9.86. The summed E-state index contributed by atoms with van der Waals surface area (Å²) in [5, 5.41) is 0. The first-order chi connectivity index (χ1) is 6.20. The lowest BCUT2D eigenvalue weighted by Crippen LogP contribution is -2.19. The highest BCUT2D eigenvalue weighted by Gasteiger charge is 1.97. The molecule has 1 rings (SSSR count). The topological polar surface area (TPSA) is 38.5 Å². The Labute approximate surface area is 79.1 Å². The van der Waals surface area contributed by atoms with Gasteiger partial charge < -0.3 is 15.4 Å². The van der Waals surface area contributed by atoms with E-state index in [0.717, 1.165) is 6.54 Å². The summed E-state index contributed by atoms with van der Waals surface area (Å²) in [5.74, 6) is 0.712. The smallest absolute Gasteiger partial charge is 0.142 e. The molecular weight excluding hydrogens is 164 g/mol. The molecule has 3 nitrogen and oxygen atoms in total. The third-order valence-corrected chi connectivity index (χ3v) is 1.65. The van der Waals surface area contributed by atoms with Crippen LogP contribution in [0.5, 0.6) is 5.75 Å². The maximum atomic E-state index is 5.68. The van der Waals surface area contributed by atoms with Crippen LogP contribution in [0.1, 0.15) is 0 Å². The van der Waals surface area contributed by atoms with E-state index in [9.17, 15) is 0 Å². The predicted molar refractivity (Wildman–Crippen MR) is 53.7 cm³/mol. The second-order valence-electron chi connectivity index (χ2n) is 3.12. The molecule has 0 saturated heterocycles. The zero-order chi connectivity index (χ0) is 9.68. The Morgan fingerprint density at radius 1 is 1.54 bits per heavy atom. The van der Waals surface area contributed by atoms with Crippen LogP contribution in [0.15, 0.2) is 18.2 Å². The highest BCUT2D eigenvalue weighted by Crippen LogP contribution is 2.18. The SMILES string of the molecule is CN(C)CCOc1c[c]ccc1N. The summed E-state index contributed by atoms with van der Waals surface area (Å²) in [4.78, 5) is 2.06. The lowest BCUT2D eigenvalue weighted by atomic mass is 10.3. The fourth-order valence-electron chi connectivity index (χ4n) is 0.890. The van der Waals surface area contributed by atoms with Crippen molar-refractivity contribution < 1.29 is 4.74 Å². The lowest BCUT2D eigenvalue weighted by Gasteiger charge is -2.11. The number of ether oxygens (including phenoxy) is 1. The normalized spacial score (nSPS) is 10.4. The lowest BCUT2D eigenvalue weighted by molar-refractivity contribution is 0.262. The number of rotatable bonds is 4. The minimum Gasteiger partial charge on any atom is -0.490 e. The van der Waals surface area contributed by atoms with Crippen LogP contribution in [-0.4, -0.2) is 32.1 Å². The number of hydrogen-bond donors (Lipinski definition) is 1. The Morgan fingerprint density at radius 2 is 2.31 bits per heavy atom. The van der Waals surface area contributed by atoms with Crippen molar-refractivity contribution in [1.82, 2.24) is 4.90 Å². The van der Waals surface area contributed by atoms with Crippen molar-refractivity contribution in [2.24, 2.45) is 0 Å². The molecule has 0 aliphatic carbocycles. The molecule has 0 aliphatic heterocycles. The summed E-state index contributed by atoms with van der Waals surface area (Å²) in [6.45, 7) is 1.53. The Hall–Kier alpha value is -1.22. The minimum absolute atomic E-state index is 0.648. The van der Waals surface area contributed by atoms with E-state index in [1.807, 2.05) is 14.1 Å². The van der Waals surface area contributed by atoms with Crippen LogP contribution in [-0.2, 0) is 0 Å². The zero-order valence-electron chi connectivity index (χ0n) is 8.08. The molecule has 1 radical (unpaired) electrons. The van der Waals surface area contributed by atoms with Gasteiger partial charge in [0.15, 0.2) is 0 Å². The van der Waals surface area contributed by atoms with Gasteiger partial charge in [0.1, 0.15) is 12.4 Å². The number of benzene rings is 1. The van der Waals surface area contributed by atoms with E-state index in [-0.39, 0.29) is 0 Å². The van der Waals surface area contributed by atoms with Crippen molar-refractivity contribution in [1.29, 1.82) is 0 Å². The summed E-state index contributed by atoms with van der Waals surface area (Å²) >= 11 is 0. The van der Waals surface area contributed by atoms with Crippen LogP contribution in [0.4, 0.5) is 5.69 Å². The van der Waals surface area contributed by atoms with Gasteiger partial charge in [0.05, 0.1) is 5.69 Å². The Balaban J connectivity index is 2.41. The fourth-order valence-corrected chi connectivity index (χ4v) is 0.890. The van der Waals surface area contributed by atoms with Gasteiger partial charge in [0, 0.05) is 6.54 Å². The zero-order valence-corrected chi connectivity index (χ0v) is 8.08. The molecule has 1 aromatic carbocycles. The highest BCUT2D eigenvalue weighted by molar-refractivity contribution is 5.51. The van der Waals surface area contributed by atoms with Crippen LogP contribution in [0.3, 0.4) is 0 Å². The molecule has 0 aromatic heterocycles. The molecule has 0 bridgehead atoms. The molecule has 0 spiro atoms. The maximum Gasteiger partial charge on any atom is 0.142 e. The monoisotopic (exact) mass is 179 g/mol. The van der Waals surface area contributed by atoms with E-state index in [1.165, 1.54) is 0 Å². The number of anilines is 1. The van der Waals surface area contributed by atoms with Crippen LogP contribution in [0.25, 0.3) is 0 Å². The van der Waals surface area contributed by atoms with Crippen molar-refractivity contribution in [3.63, 3.8) is 0 Å². The van der Waals surface area contributed by atoms with Crippen LogP contribution < -0.4 is 10.5 Å². The van der Waals surface area contributed by atoms with Gasteiger partial charge in [-0.05, 0) is 32.3 Å². The van der Waals surface area contributed by atoms with Crippen molar-refractivity contribution in [3.8, 4) is 5.75 Å². The second kappa shape index (κ2) is 4.72. The number of nitrogens with two attached hydrogens (primary N) is 1. The quantitative estimate of drug-likeness (QED) is 0.701. The third kappa shape index (κ3) is 3.34. The summed E-state index contributed by atoms with van der Waals surface area (Å²) in [7, 11) is 4.01. The number of nitrogen functional groups attached to an aromatic ring is 1. The van der Waals surface area contributed by atoms with Crippen molar-refractivity contribution in [2.75, 3.05) is 33.0 Å². The molecule has 71 valence electrons. The third-order valence-electron chi connectivity index (χ3n) is 1.65. The molecule has 0 fully saturated rings. The summed E-state index contributed by atoms with van der Waals surface area (Å²) in [6, 6.07) is 8.23. The molecule has 0 saturated carbocycles. The largest absolute Gasteiger partial charge is 0.490 e. The van der Waals surface area contributed by atoms with Gasteiger partial charge in [0.2, 0.25) is 0 Å². The minimum atomic E-state index is 0.648. The molecule has 3 heteroatoms. The molecular formula is C10H15N2O. The van der Waals surface area contributed by atoms with E-state index in [2.05, 4.69) is 11.0 Å². The maximum absolute atomic E-state index is 5.68. The summed E-state index contributed by atoms with van der Waals surface area (Å²) < 4.78 is 5.45. The molecule has 1 aromatic rings. The fraction of sp³-hybridized carbons (Fsp3) is 0.400. The van der Waals surface area contributed by atoms with Gasteiger partial charge in [0.25, 0.3) is 0 Å². The summed E-state index contributed by atoms with van der Waals surface area (Å²) in [6.07, 6.45) is 0. The standard InChI is InChI=1S/C10H15N2O/c1-12(2)7-8-13-10-6-4-3-5-9(10)11/h3,5-6H,7-8,11H2,1-2H3. The number of hydrogen-bond acceptors (Lipinski definition) is 3. The van der Waals surface area contributed by atoms with E-state index in [1.54, 1.807) is 18.2 Å². The molecule has 13 heavy (non-hydrogen) atoms. The van der Waals surface area contributed by atoms with E-state index in [4.69, 9.17) is 10.5 Å². The number of nitrogens with zero attached hydrogens (tertiary/aromatic N) is 1. The first-order valence-electron chi connectivity index (χ1n) is 4.23. The Bertz CT molecular complexity index is 261. The Morgan fingerprint density at radius 3 is 2.92 bits per heavy atom. The van der Waals surface area contributed by atoms with Gasteiger partial charge in [-0.15, -0.1) is 0 Å². The van der Waals surface area contributed by atoms with Crippen molar-refractivity contribution in [3.05, 3.63) is 24.3 Å². The molecule has 0 amide bonds. The van der Waals surface area contributed by atoms with Crippen LogP contribution in [0.2, 0.25) is 0 Å². The summed E-state index contributed by atoms with van der Waals surface area (Å²) in [5.41, 5.74) is 6.34. The van der Waals surface area contributed by atoms with Crippen molar-refractivity contribution >= 4 is 5.69 Å². The average Bonchev–Trinajstić information content (AvgIpc) is 2.08. The molecule has 0 atom stereocenters. The Kier molecular flexibility index (Phi) is 3.58. The first-order valence-corrected chi connectivity index (χ1v) is 4.23. The van der Waals surface area contributed by atoms with Crippen LogP contribution in [0, 0.1) is 6.07 Å². The van der Waals surface area contributed by atoms with Gasteiger partial charge in [-0.3, -0.25) is 0 Å². The van der Waals surface area contributed by atoms with E-state index >= 15 is 0 Å². The van der Waals surface area contributed by atoms with Crippen LogP contribution >= 0.6 is 0 Å². The number of likely N-dealkylation sites (N-methyl/N-ethyl adjacent to an activating group) is 1. The van der Waals surface area contributed by atoms with Crippen molar-refractivity contribution in [2.45, 2.75) is 0 Å².